The van der Waals surface area contributed by atoms with Crippen molar-refractivity contribution >= 4 is 38.5 Å². The number of morpholine rings is 1. The fraction of sp³-hybridized carbons (Fsp3) is 0.250. The molecule has 0 bridgehead atoms. The number of carbonyl (C=O) groups is 2. The van der Waals surface area contributed by atoms with E-state index in [-0.39, 0.29) is 35.0 Å². The number of hydrogen-bond acceptors (Lipinski definition) is 9. The standard InChI is InChI=1S/C28H27N3O8S/c1-18-7-9-26(39-18)24-16-21(20-5-3-4-6-22(20)29-24)28(33)38-17-27(32)30-23-15-19(8-10-25(23)36-2)40(34,35)31-11-13-37-14-12-31/h3-10,15-16H,11-14,17H2,1-2H3,(H,30,32). The number of benzene rings is 2. The van der Waals surface area contributed by atoms with Gasteiger partial charge in [-0.25, -0.2) is 18.2 Å². The van der Waals surface area contributed by atoms with Crippen LogP contribution in [-0.2, 0) is 24.3 Å². The van der Waals surface area contributed by atoms with E-state index in [0.29, 0.717) is 41.3 Å². The van der Waals surface area contributed by atoms with Crippen LogP contribution in [0.25, 0.3) is 22.4 Å². The lowest BCUT2D eigenvalue weighted by Gasteiger charge is -2.26. The van der Waals surface area contributed by atoms with E-state index in [9.17, 15) is 18.0 Å². The zero-order valence-electron chi connectivity index (χ0n) is 21.9. The van der Waals surface area contributed by atoms with Crippen LogP contribution in [0, 0.1) is 6.92 Å². The summed E-state index contributed by atoms with van der Waals surface area (Å²) in [7, 11) is -2.41. The molecule has 0 aliphatic carbocycles. The molecule has 1 amide bonds. The number of para-hydroxylation sites is 1. The highest BCUT2D eigenvalue weighted by atomic mass is 32.2. The molecule has 1 saturated heterocycles. The van der Waals surface area contributed by atoms with Gasteiger partial charge >= 0.3 is 5.97 Å². The van der Waals surface area contributed by atoms with Crippen LogP contribution in [0.15, 0.2) is 70.0 Å². The third kappa shape index (κ3) is 5.69. The van der Waals surface area contributed by atoms with E-state index < -0.39 is 28.5 Å². The van der Waals surface area contributed by atoms with Crippen molar-refractivity contribution in [3.8, 4) is 17.2 Å². The lowest BCUT2D eigenvalue weighted by molar-refractivity contribution is -0.119. The molecule has 0 atom stereocenters. The Bertz CT molecular complexity index is 1680. The lowest BCUT2D eigenvalue weighted by atomic mass is 10.1. The van der Waals surface area contributed by atoms with E-state index in [4.69, 9.17) is 18.6 Å². The fourth-order valence-electron chi connectivity index (χ4n) is 4.32. The summed E-state index contributed by atoms with van der Waals surface area (Å²) in [6.07, 6.45) is 0. The number of ether oxygens (including phenoxy) is 3. The minimum atomic E-state index is -3.81. The first-order valence-corrected chi connectivity index (χ1v) is 13.9. The second-order valence-corrected chi connectivity index (χ2v) is 10.9. The van der Waals surface area contributed by atoms with Gasteiger partial charge in [0, 0.05) is 18.5 Å². The quantitative estimate of drug-likeness (QED) is 0.318. The molecule has 1 aliphatic rings. The summed E-state index contributed by atoms with van der Waals surface area (Å²) < 4.78 is 49.0. The normalized spacial score (nSPS) is 14.2. The van der Waals surface area contributed by atoms with E-state index in [0.717, 1.165) is 0 Å². The first-order chi connectivity index (χ1) is 19.3. The smallest absolute Gasteiger partial charge is 0.339 e. The van der Waals surface area contributed by atoms with Crippen molar-refractivity contribution in [1.82, 2.24) is 9.29 Å². The number of nitrogens with zero attached hydrogens (tertiary/aromatic N) is 2. The van der Waals surface area contributed by atoms with Crippen LogP contribution >= 0.6 is 0 Å². The monoisotopic (exact) mass is 565 g/mol. The maximum atomic E-state index is 13.1. The number of aromatic nitrogens is 1. The summed E-state index contributed by atoms with van der Waals surface area (Å²) >= 11 is 0. The molecule has 1 aliphatic heterocycles. The maximum Gasteiger partial charge on any atom is 0.339 e. The average Bonchev–Trinajstić information content (AvgIpc) is 3.42. The average molecular weight is 566 g/mol. The molecule has 0 spiro atoms. The number of amides is 1. The largest absolute Gasteiger partial charge is 0.495 e. The zero-order chi connectivity index (χ0) is 28.3. The molecule has 0 saturated carbocycles. The molecule has 11 nitrogen and oxygen atoms in total. The van der Waals surface area contributed by atoms with Crippen molar-refractivity contribution in [3.63, 3.8) is 0 Å². The number of aryl methyl sites for hydroxylation is 1. The number of rotatable bonds is 8. The highest BCUT2D eigenvalue weighted by molar-refractivity contribution is 7.89. The highest BCUT2D eigenvalue weighted by Gasteiger charge is 2.27. The molecule has 3 heterocycles. The van der Waals surface area contributed by atoms with Crippen LogP contribution in [0.3, 0.4) is 0 Å². The molecule has 1 fully saturated rings. The molecule has 2 aromatic heterocycles. The Balaban J connectivity index is 1.33. The van der Waals surface area contributed by atoms with Crippen molar-refractivity contribution in [2.24, 2.45) is 0 Å². The predicted octanol–water partition coefficient (Wildman–Crippen LogP) is 3.63. The van der Waals surface area contributed by atoms with Crippen LogP contribution in [0.5, 0.6) is 5.75 Å². The lowest BCUT2D eigenvalue weighted by Crippen LogP contribution is -2.40. The van der Waals surface area contributed by atoms with Crippen molar-refractivity contribution < 1.29 is 36.6 Å². The van der Waals surface area contributed by atoms with E-state index in [1.54, 1.807) is 49.4 Å². The Morgan fingerprint density at radius 2 is 1.82 bits per heavy atom. The van der Waals surface area contributed by atoms with Gasteiger partial charge in [0.1, 0.15) is 17.2 Å². The van der Waals surface area contributed by atoms with Gasteiger partial charge in [-0.15, -0.1) is 0 Å². The van der Waals surface area contributed by atoms with Gasteiger partial charge < -0.3 is 23.9 Å². The summed E-state index contributed by atoms with van der Waals surface area (Å²) in [6.45, 7) is 2.27. The first-order valence-electron chi connectivity index (χ1n) is 12.5. The predicted molar refractivity (Wildman–Crippen MR) is 146 cm³/mol. The Morgan fingerprint density at radius 1 is 1.05 bits per heavy atom. The minimum absolute atomic E-state index is 0.00792. The van der Waals surface area contributed by atoms with E-state index in [1.807, 2.05) is 0 Å². The van der Waals surface area contributed by atoms with E-state index in [2.05, 4.69) is 10.3 Å². The molecule has 4 aromatic rings. The SMILES string of the molecule is COc1ccc(S(=O)(=O)N2CCOCC2)cc1NC(=O)COC(=O)c1cc(-c2ccc(C)o2)nc2ccccc12. The number of anilines is 1. The number of pyridine rings is 1. The van der Waals surface area contributed by atoms with Gasteiger partial charge in [-0.2, -0.15) is 4.31 Å². The number of sulfonamides is 1. The van der Waals surface area contributed by atoms with Crippen molar-refractivity contribution in [3.05, 3.63) is 72.0 Å². The summed E-state index contributed by atoms with van der Waals surface area (Å²) in [6, 6.07) is 16.4. The van der Waals surface area contributed by atoms with Gasteiger partial charge in [0.05, 0.1) is 42.0 Å². The Morgan fingerprint density at radius 3 is 2.55 bits per heavy atom. The second-order valence-electron chi connectivity index (χ2n) is 8.99. The maximum absolute atomic E-state index is 13.1. The minimum Gasteiger partial charge on any atom is -0.495 e. The van der Waals surface area contributed by atoms with E-state index >= 15 is 0 Å². The third-order valence-corrected chi connectivity index (χ3v) is 8.21. The number of esters is 1. The van der Waals surface area contributed by atoms with Crippen molar-refractivity contribution in [2.45, 2.75) is 11.8 Å². The Kier molecular flexibility index (Phi) is 7.83. The number of furan rings is 1. The Hall–Kier alpha value is -4.26. The number of fused-ring (bicyclic) bond motifs is 1. The van der Waals surface area contributed by atoms with Gasteiger partial charge in [-0.3, -0.25) is 4.79 Å². The third-order valence-electron chi connectivity index (χ3n) is 6.32. The first kappa shape index (κ1) is 27.3. The summed E-state index contributed by atoms with van der Waals surface area (Å²) in [5, 5.41) is 3.14. The van der Waals surface area contributed by atoms with Gasteiger partial charge in [0.15, 0.2) is 12.4 Å². The van der Waals surface area contributed by atoms with Gasteiger partial charge in [0.2, 0.25) is 10.0 Å². The van der Waals surface area contributed by atoms with Crippen LogP contribution in [0.4, 0.5) is 5.69 Å². The Labute approximate surface area is 230 Å². The second kappa shape index (κ2) is 11.5. The molecule has 2 aromatic carbocycles. The topological polar surface area (TPSA) is 137 Å². The molecular weight excluding hydrogens is 538 g/mol. The van der Waals surface area contributed by atoms with Crippen LogP contribution < -0.4 is 10.1 Å². The van der Waals surface area contributed by atoms with E-state index in [1.165, 1.54) is 29.6 Å². The molecule has 40 heavy (non-hydrogen) atoms. The van der Waals surface area contributed by atoms with Crippen LogP contribution in [0.1, 0.15) is 16.1 Å². The number of carbonyl (C=O) groups excluding carboxylic acids is 2. The molecular formula is C28H27N3O8S. The zero-order valence-corrected chi connectivity index (χ0v) is 22.7. The molecule has 1 N–H and O–H groups in total. The van der Waals surface area contributed by atoms with Crippen LogP contribution in [-0.4, -0.2) is 69.6 Å². The van der Waals surface area contributed by atoms with Gasteiger partial charge in [-0.1, -0.05) is 18.2 Å². The number of hydrogen-bond donors (Lipinski definition) is 1. The molecule has 0 radical (unpaired) electrons. The van der Waals surface area contributed by atoms with Crippen LogP contribution in [0.2, 0.25) is 0 Å². The van der Waals surface area contributed by atoms with Crippen molar-refractivity contribution in [1.29, 1.82) is 0 Å². The number of methoxy groups -OCH3 is 1. The molecule has 5 rings (SSSR count). The summed E-state index contributed by atoms with van der Waals surface area (Å²) in [4.78, 5) is 30.5. The molecule has 12 heteroatoms. The highest BCUT2D eigenvalue weighted by Crippen LogP contribution is 2.30. The number of nitrogens with one attached hydrogen (secondary N) is 1. The molecule has 208 valence electrons. The summed E-state index contributed by atoms with van der Waals surface area (Å²) in [5.74, 6) is 0.0397. The molecule has 0 unspecified atom stereocenters. The van der Waals surface area contributed by atoms with Crippen molar-refractivity contribution in [2.75, 3.05) is 45.3 Å². The fourth-order valence-corrected chi connectivity index (χ4v) is 5.75. The summed E-state index contributed by atoms with van der Waals surface area (Å²) in [5.41, 5.74) is 1.36. The van der Waals surface area contributed by atoms with Gasteiger partial charge in [-0.05, 0) is 49.4 Å². The van der Waals surface area contributed by atoms with Gasteiger partial charge in [0.25, 0.3) is 5.91 Å².